The molecule has 3 nitrogen and oxygen atoms in total. The molecule has 2 rings (SSSR count). The van der Waals surface area contributed by atoms with Gasteiger partial charge in [-0.1, -0.05) is 11.6 Å². The number of halogens is 1. The van der Waals surface area contributed by atoms with Crippen LogP contribution in [-0.2, 0) is 6.42 Å². The van der Waals surface area contributed by atoms with E-state index in [2.05, 4.69) is 11.4 Å². The number of hydrogen-bond acceptors (Lipinski definition) is 2. The predicted octanol–water partition coefficient (Wildman–Crippen LogP) is 1.72. The molecule has 14 heavy (non-hydrogen) atoms. The van der Waals surface area contributed by atoms with Crippen molar-refractivity contribution in [3.05, 3.63) is 34.5 Å². The Morgan fingerprint density at radius 1 is 1.57 bits per heavy atom. The van der Waals surface area contributed by atoms with Gasteiger partial charge in [0.1, 0.15) is 5.15 Å². The molecule has 1 aromatic rings. The van der Waals surface area contributed by atoms with Gasteiger partial charge in [-0.2, -0.15) is 0 Å². The quantitative estimate of drug-likeness (QED) is 0.716. The molecule has 0 aliphatic heterocycles. The minimum absolute atomic E-state index is 0.214. The van der Waals surface area contributed by atoms with Gasteiger partial charge < -0.3 is 5.73 Å². The van der Waals surface area contributed by atoms with Crippen molar-refractivity contribution < 1.29 is 4.79 Å². The Kier molecular flexibility index (Phi) is 2.42. The lowest BCUT2D eigenvalue weighted by atomic mass is 9.95. The standard InChI is InChI=1S/C10H10ClN2O/c11-9-7(10(12)14)5-6-3-1-2-4-8(6)13-9/h3,5H,1-2,4H2,(H2,12,14). The van der Waals surface area contributed by atoms with Crippen LogP contribution in [0.3, 0.4) is 0 Å². The van der Waals surface area contributed by atoms with E-state index in [1.54, 1.807) is 6.07 Å². The fourth-order valence-electron chi connectivity index (χ4n) is 1.62. The molecule has 1 aromatic heterocycles. The Bertz CT molecular complexity index is 390. The van der Waals surface area contributed by atoms with Crippen LogP contribution in [0.1, 0.15) is 34.5 Å². The number of primary amides is 1. The predicted molar refractivity (Wildman–Crippen MR) is 54.1 cm³/mol. The monoisotopic (exact) mass is 209 g/mol. The SMILES string of the molecule is NC(=O)c1cc2c(nc1Cl)CCC[CH]2. The van der Waals surface area contributed by atoms with E-state index < -0.39 is 5.91 Å². The van der Waals surface area contributed by atoms with Gasteiger partial charge in [-0.15, -0.1) is 0 Å². The molecule has 0 saturated heterocycles. The summed E-state index contributed by atoms with van der Waals surface area (Å²) in [6.45, 7) is 0. The number of amides is 1. The van der Waals surface area contributed by atoms with Crippen molar-refractivity contribution in [2.75, 3.05) is 0 Å². The summed E-state index contributed by atoms with van der Waals surface area (Å²) in [6.07, 6.45) is 5.10. The van der Waals surface area contributed by atoms with Crippen molar-refractivity contribution in [1.82, 2.24) is 4.98 Å². The van der Waals surface area contributed by atoms with Crippen molar-refractivity contribution in [3.63, 3.8) is 0 Å². The molecular weight excluding hydrogens is 200 g/mol. The van der Waals surface area contributed by atoms with Crippen molar-refractivity contribution in [2.24, 2.45) is 5.73 Å². The van der Waals surface area contributed by atoms with Crippen LogP contribution in [-0.4, -0.2) is 10.9 Å². The summed E-state index contributed by atoms with van der Waals surface area (Å²) in [7, 11) is 0. The van der Waals surface area contributed by atoms with E-state index in [0.29, 0.717) is 5.56 Å². The number of carbonyl (C=O) groups excluding carboxylic acids is 1. The molecule has 1 radical (unpaired) electrons. The fourth-order valence-corrected chi connectivity index (χ4v) is 1.87. The highest BCUT2D eigenvalue weighted by atomic mass is 35.5. The molecule has 2 N–H and O–H groups in total. The zero-order chi connectivity index (χ0) is 10.1. The van der Waals surface area contributed by atoms with Gasteiger partial charge in [0.25, 0.3) is 5.91 Å². The summed E-state index contributed by atoms with van der Waals surface area (Å²) in [5, 5.41) is 0.214. The summed E-state index contributed by atoms with van der Waals surface area (Å²) in [4.78, 5) is 15.2. The average Bonchev–Trinajstić information content (AvgIpc) is 2.16. The highest BCUT2D eigenvalue weighted by Crippen LogP contribution is 2.25. The Balaban J connectivity index is 2.50. The summed E-state index contributed by atoms with van der Waals surface area (Å²) >= 11 is 5.83. The van der Waals surface area contributed by atoms with E-state index in [1.807, 2.05) is 0 Å². The van der Waals surface area contributed by atoms with E-state index in [0.717, 1.165) is 30.5 Å². The molecular formula is C10H10ClN2O. The van der Waals surface area contributed by atoms with E-state index in [-0.39, 0.29) is 5.15 Å². The van der Waals surface area contributed by atoms with Crippen LogP contribution in [0, 0.1) is 6.42 Å². The van der Waals surface area contributed by atoms with E-state index >= 15 is 0 Å². The van der Waals surface area contributed by atoms with E-state index in [4.69, 9.17) is 17.3 Å². The molecule has 0 aromatic carbocycles. The van der Waals surface area contributed by atoms with Crippen LogP contribution in [0.15, 0.2) is 6.07 Å². The van der Waals surface area contributed by atoms with Crippen molar-refractivity contribution in [3.8, 4) is 0 Å². The maximum Gasteiger partial charge on any atom is 0.251 e. The normalized spacial score (nSPS) is 14.9. The number of carbonyl (C=O) groups is 1. The molecule has 0 bridgehead atoms. The van der Waals surface area contributed by atoms with E-state index in [1.165, 1.54) is 0 Å². The second-order valence-corrected chi connectivity index (χ2v) is 3.68. The number of rotatable bonds is 1. The first-order valence-electron chi connectivity index (χ1n) is 4.51. The molecule has 1 heterocycles. The lowest BCUT2D eigenvalue weighted by Crippen LogP contribution is -2.15. The van der Waals surface area contributed by atoms with Crippen LogP contribution >= 0.6 is 11.6 Å². The topological polar surface area (TPSA) is 56.0 Å². The third kappa shape index (κ3) is 1.60. The zero-order valence-electron chi connectivity index (χ0n) is 7.59. The van der Waals surface area contributed by atoms with E-state index in [9.17, 15) is 4.79 Å². The lowest BCUT2D eigenvalue weighted by molar-refractivity contribution is 0.1000. The molecule has 0 fully saturated rings. The number of fused-ring (bicyclic) bond motifs is 1. The summed E-state index contributed by atoms with van der Waals surface area (Å²) in [6, 6.07) is 1.73. The van der Waals surface area contributed by atoms with Gasteiger partial charge in [0, 0.05) is 5.69 Å². The maximum atomic E-state index is 11.0. The minimum Gasteiger partial charge on any atom is -0.366 e. The molecule has 4 heteroatoms. The highest BCUT2D eigenvalue weighted by molar-refractivity contribution is 6.32. The average molecular weight is 210 g/mol. The Morgan fingerprint density at radius 2 is 2.36 bits per heavy atom. The van der Waals surface area contributed by atoms with Gasteiger partial charge in [0.15, 0.2) is 0 Å². The summed E-state index contributed by atoms with van der Waals surface area (Å²) in [5.74, 6) is -0.524. The largest absolute Gasteiger partial charge is 0.366 e. The summed E-state index contributed by atoms with van der Waals surface area (Å²) in [5.41, 5.74) is 7.44. The first kappa shape index (κ1) is 9.46. The molecule has 0 atom stereocenters. The van der Waals surface area contributed by atoms with Crippen molar-refractivity contribution in [1.29, 1.82) is 0 Å². The molecule has 0 unspecified atom stereocenters. The first-order chi connectivity index (χ1) is 6.68. The van der Waals surface area contributed by atoms with Gasteiger partial charge in [0.05, 0.1) is 5.56 Å². The molecule has 0 spiro atoms. The molecule has 0 saturated carbocycles. The number of nitrogens with two attached hydrogens (primary N) is 1. The fraction of sp³-hybridized carbons (Fsp3) is 0.300. The number of aryl methyl sites for hydroxylation is 1. The number of hydrogen-bond donors (Lipinski definition) is 1. The Labute approximate surface area is 87.3 Å². The minimum atomic E-state index is -0.524. The highest BCUT2D eigenvalue weighted by Gasteiger charge is 2.16. The zero-order valence-corrected chi connectivity index (χ0v) is 8.34. The van der Waals surface area contributed by atoms with Crippen LogP contribution < -0.4 is 5.73 Å². The third-order valence-electron chi connectivity index (χ3n) is 2.34. The van der Waals surface area contributed by atoms with Gasteiger partial charge in [-0.05, 0) is 37.3 Å². The molecule has 73 valence electrons. The Morgan fingerprint density at radius 3 is 3.07 bits per heavy atom. The third-order valence-corrected chi connectivity index (χ3v) is 2.62. The first-order valence-corrected chi connectivity index (χ1v) is 4.88. The second-order valence-electron chi connectivity index (χ2n) is 3.32. The number of aromatic nitrogens is 1. The molecule has 1 aliphatic carbocycles. The van der Waals surface area contributed by atoms with Crippen LogP contribution in [0.25, 0.3) is 0 Å². The lowest BCUT2D eigenvalue weighted by Gasteiger charge is -2.15. The summed E-state index contributed by atoms with van der Waals surface area (Å²) < 4.78 is 0. The molecule has 1 aliphatic rings. The van der Waals surface area contributed by atoms with Gasteiger partial charge >= 0.3 is 0 Å². The Hall–Kier alpha value is -1.09. The van der Waals surface area contributed by atoms with Crippen LogP contribution in [0.4, 0.5) is 0 Å². The van der Waals surface area contributed by atoms with Crippen LogP contribution in [0.2, 0.25) is 5.15 Å². The smallest absolute Gasteiger partial charge is 0.251 e. The number of nitrogens with zero attached hydrogens (tertiary/aromatic N) is 1. The van der Waals surface area contributed by atoms with Gasteiger partial charge in [-0.25, -0.2) is 4.98 Å². The molecule has 1 amide bonds. The van der Waals surface area contributed by atoms with Gasteiger partial charge in [-0.3, -0.25) is 4.79 Å². The maximum absolute atomic E-state index is 11.0. The van der Waals surface area contributed by atoms with Crippen molar-refractivity contribution >= 4 is 17.5 Å². The number of pyridine rings is 1. The van der Waals surface area contributed by atoms with Crippen molar-refractivity contribution in [2.45, 2.75) is 19.3 Å². The van der Waals surface area contributed by atoms with Gasteiger partial charge in [0.2, 0.25) is 0 Å². The van der Waals surface area contributed by atoms with Crippen LogP contribution in [0.5, 0.6) is 0 Å². The second kappa shape index (κ2) is 3.58.